The summed E-state index contributed by atoms with van der Waals surface area (Å²) in [4.78, 5) is 0. The van der Waals surface area contributed by atoms with E-state index in [4.69, 9.17) is 0 Å². The number of hydrogen-bond acceptors (Lipinski definition) is 2. The molecular formula is C19H31NO. The minimum absolute atomic E-state index is 0.187. The molecule has 0 heterocycles. The highest BCUT2D eigenvalue weighted by molar-refractivity contribution is 5.51. The highest BCUT2D eigenvalue weighted by Gasteiger charge is 2.32. The van der Waals surface area contributed by atoms with Crippen LogP contribution in [-0.4, -0.2) is 17.8 Å². The van der Waals surface area contributed by atoms with Gasteiger partial charge < -0.3 is 10.4 Å². The molecule has 1 aliphatic carbocycles. The molecule has 21 heavy (non-hydrogen) atoms. The fourth-order valence-corrected chi connectivity index (χ4v) is 3.63. The van der Waals surface area contributed by atoms with Gasteiger partial charge in [0.25, 0.3) is 0 Å². The minimum atomic E-state index is 0.187. The molecule has 2 heteroatoms. The SMILES string of the molecule is Cc1ccccc1NC(CO)C1CCC(C(C)(C)C)CC1. The molecule has 0 aromatic heterocycles. The molecule has 0 spiro atoms. The number of rotatable bonds is 4. The van der Waals surface area contributed by atoms with Gasteiger partial charge in [-0.2, -0.15) is 0 Å². The standard InChI is InChI=1S/C19H31NO/c1-14-7-5-6-8-17(14)20-18(13-21)15-9-11-16(12-10-15)19(2,3)4/h5-8,15-16,18,20-21H,9-13H2,1-4H3. The second kappa shape index (κ2) is 6.83. The van der Waals surface area contributed by atoms with Crippen LogP contribution in [0.1, 0.15) is 52.0 Å². The van der Waals surface area contributed by atoms with E-state index < -0.39 is 0 Å². The van der Waals surface area contributed by atoms with Gasteiger partial charge >= 0.3 is 0 Å². The Morgan fingerprint density at radius 3 is 2.29 bits per heavy atom. The Labute approximate surface area is 130 Å². The third-order valence-electron chi connectivity index (χ3n) is 5.25. The Kier molecular flexibility index (Phi) is 5.32. The van der Waals surface area contributed by atoms with Crippen molar-refractivity contribution in [2.24, 2.45) is 17.3 Å². The fourth-order valence-electron chi connectivity index (χ4n) is 3.63. The Morgan fingerprint density at radius 2 is 1.76 bits per heavy atom. The average Bonchev–Trinajstić information content (AvgIpc) is 2.46. The van der Waals surface area contributed by atoms with Crippen LogP contribution < -0.4 is 5.32 Å². The molecule has 2 rings (SSSR count). The Hall–Kier alpha value is -1.02. The number of benzene rings is 1. The predicted molar refractivity (Wildman–Crippen MR) is 90.6 cm³/mol. The van der Waals surface area contributed by atoms with E-state index in [2.05, 4.69) is 57.3 Å². The van der Waals surface area contributed by atoms with Crippen LogP contribution in [0.3, 0.4) is 0 Å². The van der Waals surface area contributed by atoms with E-state index >= 15 is 0 Å². The lowest BCUT2D eigenvalue weighted by atomic mass is 9.68. The fraction of sp³-hybridized carbons (Fsp3) is 0.684. The Balaban J connectivity index is 1.96. The predicted octanol–water partition coefficient (Wildman–Crippen LogP) is 4.62. The topological polar surface area (TPSA) is 32.3 Å². The van der Waals surface area contributed by atoms with Crippen molar-refractivity contribution in [3.05, 3.63) is 29.8 Å². The van der Waals surface area contributed by atoms with Crippen molar-refractivity contribution in [2.75, 3.05) is 11.9 Å². The lowest BCUT2D eigenvalue weighted by molar-refractivity contribution is 0.127. The summed E-state index contributed by atoms with van der Waals surface area (Å²) >= 11 is 0. The Morgan fingerprint density at radius 1 is 1.14 bits per heavy atom. The Bertz CT molecular complexity index is 441. The third-order valence-corrected chi connectivity index (χ3v) is 5.25. The maximum atomic E-state index is 9.79. The molecule has 0 amide bonds. The average molecular weight is 289 g/mol. The van der Waals surface area contributed by atoms with Crippen molar-refractivity contribution < 1.29 is 5.11 Å². The molecule has 1 aromatic rings. The van der Waals surface area contributed by atoms with Crippen LogP contribution in [0, 0.1) is 24.2 Å². The molecule has 1 aromatic carbocycles. The minimum Gasteiger partial charge on any atom is -0.394 e. The molecule has 1 fully saturated rings. The van der Waals surface area contributed by atoms with Crippen LogP contribution in [0.25, 0.3) is 0 Å². The van der Waals surface area contributed by atoms with Crippen LogP contribution >= 0.6 is 0 Å². The number of aliphatic hydroxyl groups excluding tert-OH is 1. The maximum absolute atomic E-state index is 9.79. The first-order chi connectivity index (χ1) is 9.91. The summed E-state index contributed by atoms with van der Waals surface area (Å²) in [5.74, 6) is 1.42. The number of aliphatic hydroxyl groups is 1. The molecule has 118 valence electrons. The highest BCUT2D eigenvalue weighted by Crippen LogP contribution is 2.41. The molecule has 1 aliphatic rings. The second-order valence-electron chi connectivity index (χ2n) is 7.73. The van der Waals surface area contributed by atoms with Crippen molar-refractivity contribution in [2.45, 2.75) is 59.4 Å². The number of anilines is 1. The summed E-state index contributed by atoms with van der Waals surface area (Å²) in [5.41, 5.74) is 2.83. The van der Waals surface area contributed by atoms with E-state index in [1.807, 2.05) is 0 Å². The van der Waals surface area contributed by atoms with Crippen LogP contribution in [0.2, 0.25) is 0 Å². The van der Waals surface area contributed by atoms with E-state index in [1.165, 1.54) is 31.2 Å². The van der Waals surface area contributed by atoms with Gasteiger partial charge in [-0.1, -0.05) is 39.0 Å². The molecule has 2 N–H and O–H groups in total. The molecule has 0 saturated heterocycles. The first-order valence-electron chi connectivity index (χ1n) is 8.35. The quantitative estimate of drug-likeness (QED) is 0.847. The first-order valence-corrected chi connectivity index (χ1v) is 8.35. The van der Waals surface area contributed by atoms with Crippen LogP contribution in [0.15, 0.2) is 24.3 Å². The van der Waals surface area contributed by atoms with Gasteiger partial charge in [0.15, 0.2) is 0 Å². The lowest BCUT2D eigenvalue weighted by Crippen LogP contribution is -2.37. The molecule has 2 nitrogen and oxygen atoms in total. The van der Waals surface area contributed by atoms with Crippen molar-refractivity contribution in [3.63, 3.8) is 0 Å². The molecule has 0 radical (unpaired) electrons. The number of para-hydroxylation sites is 1. The largest absolute Gasteiger partial charge is 0.394 e. The van der Waals surface area contributed by atoms with Crippen molar-refractivity contribution >= 4 is 5.69 Å². The normalized spacial score (nSPS) is 24.6. The molecule has 1 unspecified atom stereocenters. The highest BCUT2D eigenvalue weighted by atomic mass is 16.3. The number of hydrogen-bond donors (Lipinski definition) is 2. The van der Waals surface area contributed by atoms with Crippen molar-refractivity contribution in [1.29, 1.82) is 0 Å². The van der Waals surface area contributed by atoms with E-state index in [0.29, 0.717) is 11.3 Å². The smallest absolute Gasteiger partial charge is 0.0635 e. The summed E-state index contributed by atoms with van der Waals surface area (Å²) in [6, 6.07) is 8.53. The van der Waals surface area contributed by atoms with Gasteiger partial charge in [0, 0.05) is 5.69 Å². The van der Waals surface area contributed by atoms with Crippen molar-refractivity contribution in [1.82, 2.24) is 0 Å². The molecule has 0 bridgehead atoms. The van der Waals surface area contributed by atoms with Gasteiger partial charge in [-0.15, -0.1) is 0 Å². The molecule has 0 aliphatic heterocycles. The second-order valence-corrected chi connectivity index (χ2v) is 7.73. The number of aryl methyl sites for hydroxylation is 1. The third kappa shape index (κ3) is 4.23. The molecule has 1 atom stereocenters. The summed E-state index contributed by atoms with van der Waals surface area (Å²) in [7, 11) is 0. The van der Waals surface area contributed by atoms with E-state index in [-0.39, 0.29) is 12.6 Å². The molecular weight excluding hydrogens is 258 g/mol. The van der Waals surface area contributed by atoms with Crippen molar-refractivity contribution in [3.8, 4) is 0 Å². The van der Waals surface area contributed by atoms with Gasteiger partial charge in [0.2, 0.25) is 0 Å². The van der Waals surface area contributed by atoms with E-state index in [1.54, 1.807) is 0 Å². The zero-order valence-corrected chi connectivity index (χ0v) is 14.0. The van der Waals surface area contributed by atoms with Gasteiger partial charge in [-0.3, -0.25) is 0 Å². The summed E-state index contributed by atoms with van der Waals surface area (Å²) in [6.45, 7) is 9.40. The van der Waals surface area contributed by atoms with Gasteiger partial charge in [-0.25, -0.2) is 0 Å². The maximum Gasteiger partial charge on any atom is 0.0635 e. The van der Waals surface area contributed by atoms with Gasteiger partial charge in [-0.05, 0) is 61.5 Å². The van der Waals surface area contributed by atoms with Gasteiger partial charge in [0.1, 0.15) is 0 Å². The van der Waals surface area contributed by atoms with Crippen LogP contribution in [0.4, 0.5) is 5.69 Å². The van der Waals surface area contributed by atoms with Gasteiger partial charge in [0.05, 0.1) is 12.6 Å². The summed E-state index contributed by atoms with van der Waals surface area (Å²) in [6.07, 6.45) is 5.04. The number of nitrogens with one attached hydrogen (secondary N) is 1. The summed E-state index contributed by atoms with van der Waals surface area (Å²) < 4.78 is 0. The monoisotopic (exact) mass is 289 g/mol. The summed E-state index contributed by atoms with van der Waals surface area (Å²) in [5, 5.41) is 13.4. The lowest BCUT2D eigenvalue weighted by Gasteiger charge is -2.39. The van der Waals surface area contributed by atoms with Crippen LogP contribution in [0.5, 0.6) is 0 Å². The first kappa shape index (κ1) is 16.4. The van der Waals surface area contributed by atoms with E-state index in [0.717, 1.165) is 11.6 Å². The zero-order chi connectivity index (χ0) is 15.5. The van der Waals surface area contributed by atoms with E-state index in [9.17, 15) is 5.11 Å². The zero-order valence-electron chi connectivity index (χ0n) is 14.0. The molecule has 1 saturated carbocycles. The van der Waals surface area contributed by atoms with Crippen LogP contribution in [-0.2, 0) is 0 Å².